The Labute approximate surface area is 113 Å². The molecule has 0 spiro atoms. The lowest BCUT2D eigenvalue weighted by molar-refractivity contribution is -0.142. The van der Waals surface area contributed by atoms with Gasteiger partial charge in [0, 0.05) is 18.1 Å². The minimum Gasteiger partial charge on any atom is -0.372 e. The highest BCUT2D eigenvalue weighted by Gasteiger charge is 2.25. The molecule has 0 saturated carbocycles. The van der Waals surface area contributed by atoms with Crippen LogP contribution >= 0.6 is 11.6 Å². The van der Waals surface area contributed by atoms with Crippen molar-refractivity contribution >= 4 is 17.5 Å². The topological polar surface area (TPSA) is 29.5 Å². The molecule has 1 heterocycles. The summed E-state index contributed by atoms with van der Waals surface area (Å²) in [6.45, 7) is 5.35. The first-order valence-electron chi connectivity index (χ1n) is 6.22. The lowest BCUT2D eigenvalue weighted by Gasteiger charge is -2.35. The van der Waals surface area contributed by atoms with E-state index in [2.05, 4.69) is 0 Å². The maximum Gasteiger partial charge on any atom is 0.227 e. The smallest absolute Gasteiger partial charge is 0.227 e. The Morgan fingerprint density at radius 3 is 2.39 bits per heavy atom. The summed E-state index contributed by atoms with van der Waals surface area (Å²) in [5.74, 6) is 0.152. The Kier molecular flexibility index (Phi) is 4.25. The number of ether oxygens (including phenoxy) is 1. The first-order valence-corrected chi connectivity index (χ1v) is 6.60. The molecular formula is C14H18ClNO2. The monoisotopic (exact) mass is 267 g/mol. The third-order valence-electron chi connectivity index (χ3n) is 3.04. The number of rotatable bonds is 2. The molecule has 0 bridgehead atoms. The zero-order valence-corrected chi connectivity index (χ0v) is 11.5. The van der Waals surface area contributed by atoms with E-state index in [1.54, 1.807) is 0 Å². The molecule has 1 amide bonds. The fourth-order valence-corrected chi connectivity index (χ4v) is 2.40. The third kappa shape index (κ3) is 3.47. The number of benzene rings is 1. The van der Waals surface area contributed by atoms with Gasteiger partial charge in [0.2, 0.25) is 5.91 Å². The number of carbonyl (C=O) groups excluding carboxylic acids is 1. The van der Waals surface area contributed by atoms with E-state index in [1.165, 1.54) is 0 Å². The van der Waals surface area contributed by atoms with E-state index >= 15 is 0 Å². The summed E-state index contributed by atoms with van der Waals surface area (Å²) >= 11 is 5.82. The molecule has 1 fully saturated rings. The van der Waals surface area contributed by atoms with Gasteiger partial charge in [-0.3, -0.25) is 4.79 Å². The second-order valence-corrected chi connectivity index (χ2v) is 5.30. The fourth-order valence-electron chi connectivity index (χ4n) is 2.27. The molecule has 18 heavy (non-hydrogen) atoms. The van der Waals surface area contributed by atoms with E-state index in [0.717, 1.165) is 5.56 Å². The van der Waals surface area contributed by atoms with Gasteiger partial charge in [0.25, 0.3) is 0 Å². The summed E-state index contributed by atoms with van der Waals surface area (Å²) in [5, 5.41) is 0.694. The molecule has 98 valence electrons. The Morgan fingerprint density at radius 1 is 1.28 bits per heavy atom. The lowest BCUT2D eigenvalue weighted by atomic mass is 10.1. The van der Waals surface area contributed by atoms with E-state index < -0.39 is 0 Å². The average molecular weight is 268 g/mol. The Morgan fingerprint density at radius 2 is 1.83 bits per heavy atom. The zero-order valence-electron chi connectivity index (χ0n) is 10.7. The van der Waals surface area contributed by atoms with Crippen LogP contribution in [0, 0.1) is 0 Å². The van der Waals surface area contributed by atoms with Gasteiger partial charge in [-0.05, 0) is 31.5 Å². The summed E-state index contributed by atoms with van der Waals surface area (Å²) in [5.41, 5.74) is 0.996. The Balaban J connectivity index is 1.97. The number of carbonyl (C=O) groups is 1. The van der Waals surface area contributed by atoms with Crippen molar-refractivity contribution in [3.63, 3.8) is 0 Å². The van der Waals surface area contributed by atoms with Crippen LogP contribution in [0.2, 0.25) is 5.02 Å². The van der Waals surface area contributed by atoms with Crippen molar-refractivity contribution in [3.05, 3.63) is 34.9 Å². The van der Waals surface area contributed by atoms with E-state index in [4.69, 9.17) is 16.3 Å². The van der Waals surface area contributed by atoms with Gasteiger partial charge in [0.1, 0.15) is 0 Å². The third-order valence-corrected chi connectivity index (χ3v) is 3.29. The van der Waals surface area contributed by atoms with Gasteiger partial charge in [-0.2, -0.15) is 0 Å². The number of halogens is 1. The summed E-state index contributed by atoms with van der Waals surface area (Å²) < 4.78 is 5.62. The summed E-state index contributed by atoms with van der Waals surface area (Å²) in [7, 11) is 0. The van der Waals surface area contributed by atoms with Crippen LogP contribution in [-0.2, 0) is 16.0 Å². The highest BCUT2D eigenvalue weighted by molar-refractivity contribution is 6.30. The molecule has 3 nitrogen and oxygen atoms in total. The summed E-state index contributed by atoms with van der Waals surface area (Å²) in [6.07, 6.45) is 0.655. The molecule has 2 unspecified atom stereocenters. The van der Waals surface area contributed by atoms with Crippen molar-refractivity contribution in [2.75, 3.05) is 13.1 Å². The number of amides is 1. The first kappa shape index (κ1) is 13.4. The summed E-state index contributed by atoms with van der Waals surface area (Å²) in [4.78, 5) is 14.1. The Hall–Kier alpha value is -1.06. The van der Waals surface area contributed by atoms with Gasteiger partial charge >= 0.3 is 0 Å². The molecule has 0 aromatic heterocycles. The highest BCUT2D eigenvalue weighted by atomic mass is 35.5. The van der Waals surface area contributed by atoms with Crippen LogP contribution in [0.4, 0.5) is 0 Å². The van der Waals surface area contributed by atoms with E-state index in [9.17, 15) is 4.79 Å². The van der Waals surface area contributed by atoms with Crippen molar-refractivity contribution in [1.29, 1.82) is 0 Å². The van der Waals surface area contributed by atoms with Gasteiger partial charge < -0.3 is 9.64 Å². The van der Waals surface area contributed by atoms with Crippen molar-refractivity contribution in [2.24, 2.45) is 0 Å². The van der Waals surface area contributed by atoms with Crippen molar-refractivity contribution in [3.8, 4) is 0 Å². The molecule has 0 aliphatic carbocycles. The van der Waals surface area contributed by atoms with Gasteiger partial charge in [-0.1, -0.05) is 23.7 Å². The first-order chi connectivity index (χ1) is 8.54. The number of morpholine rings is 1. The molecule has 2 rings (SSSR count). The molecule has 1 aromatic carbocycles. The summed E-state index contributed by atoms with van der Waals surface area (Å²) in [6, 6.07) is 7.42. The quantitative estimate of drug-likeness (QED) is 0.824. The van der Waals surface area contributed by atoms with Crippen LogP contribution < -0.4 is 0 Å². The van der Waals surface area contributed by atoms with E-state index in [1.807, 2.05) is 43.0 Å². The molecular weight excluding hydrogens is 250 g/mol. The van der Waals surface area contributed by atoms with Crippen LogP contribution in [0.1, 0.15) is 19.4 Å². The second-order valence-electron chi connectivity index (χ2n) is 4.86. The standard InChI is InChI=1S/C14H18ClNO2/c1-10-8-16(9-11(2)18-10)14(17)7-12-3-5-13(15)6-4-12/h3-6,10-11H,7-9H2,1-2H3. The predicted molar refractivity (Wildman–Crippen MR) is 71.7 cm³/mol. The zero-order chi connectivity index (χ0) is 13.1. The molecule has 0 N–H and O–H groups in total. The number of nitrogens with zero attached hydrogens (tertiary/aromatic N) is 1. The molecule has 1 aromatic rings. The van der Waals surface area contributed by atoms with Crippen LogP contribution in [0.25, 0.3) is 0 Å². The molecule has 1 aliphatic heterocycles. The van der Waals surface area contributed by atoms with Gasteiger partial charge in [-0.25, -0.2) is 0 Å². The second kappa shape index (κ2) is 5.72. The van der Waals surface area contributed by atoms with Crippen LogP contribution in [-0.4, -0.2) is 36.1 Å². The normalized spacial score (nSPS) is 24.1. The number of hydrogen-bond donors (Lipinski definition) is 0. The minimum atomic E-state index is 0.114. The van der Waals surface area contributed by atoms with Gasteiger partial charge in [-0.15, -0.1) is 0 Å². The Bertz CT molecular complexity index is 408. The van der Waals surface area contributed by atoms with Crippen LogP contribution in [0.3, 0.4) is 0 Å². The van der Waals surface area contributed by atoms with E-state index in [-0.39, 0.29) is 18.1 Å². The largest absolute Gasteiger partial charge is 0.372 e. The van der Waals surface area contributed by atoms with Crippen LogP contribution in [0.5, 0.6) is 0 Å². The SMILES string of the molecule is CC1CN(C(=O)Cc2ccc(Cl)cc2)CC(C)O1. The maximum atomic E-state index is 12.2. The van der Waals surface area contributed by atoms with Gasteiger partial charge in [0.15, 0.2) is 0 Å². The minimum absolute atomic E-state index is 0.114. The van der Waals surface area contributed by atoms with Crippen LogP contribution in [0.15, 0.2) is 24.3 Å². The predicted octanol–water partition coefficient (Wildman–Crippen LogP) is 2.52. The van der Waals surface area contributed by atoms with E-state index in [0.29, 0.717) is 24.5 Å². The average Bonchev–Trinajstić information content (AvgIpc) is 2.31. The van der Waals surface area contributed by atoms with Crippen molar-refractivity contribution in [2.45, 2.75) is 32.5 Å². The van der Waals surface area contributed by atoms with Crippen molar-refractivity contribution < 1.29 is 9.53 Å². The molecule has 2 atom stereocenters. The molecule has 1 aliphatic rings. The number of hydrogen-bond acceptors (Lipinski definition) is 2. The molecule has 1 saturated heterocycles. The molecule has 0 radical (unpaired) electrons. The van der Waals surface area contributed by atoms with Crippen molar-refractivity contribution in [1.82, 2.24) is 4.90 Å². The lowest BCUT2D eigenvalue weighted by Crippen LogP contribution is -2.48. The molecule has 4 heteroatoms. The van der Waals surface area contributed by atoms with Gasteiger partial charge in [0.05, 0.1) is 18.6 Å². The highest BCUT2D eigenvalue weighted by Crippen LogP contribution is 2.14. The maximum absolute atomic E-state index is 12.2. The fraction of sp³-hybridized carbons (Fsp3) is 0.500.